The van der Waals surface area contributed by atoms with E-state index in [4.69, 9.17) is 0 Å². The SMILES string of the molecule is COC(=O)C(=O)NCC(C)N(C)C1CC1. The molecule has 1 saturated carbocycles. The Labute approximate surface area is 89.8 Å². The van der Waals surface area contributed by atoms with Crippen LogP contribution in [0.2, 0.25) is 0 Å². The normalized spacial score (nSPS) is 17.3. The number of esters is 1. The molecule has 1 rings (SSSR count). The zero-order valence-electron chi connectivity index (χ0n) is 9.45. The summed E-state index contributed by atoms with van der Waals surface area (Å²) in [6.45, 7) is 2.50. The van der Waals surface area contributed by atoms with Crippen molar-refractivity contribution >= 4 is 11.9 Å². The van der Waals surface area contributed by atoms with Gasteiger partial charge in [0.15, 0.2) is 0 Å². The van der Waals surface area contributed by atoms with E-state index >= 15 is 0 Å². The highest BCUT2D eigenvalue weighted by Crippen LogP contribution is 2.26. The maximum atomic E-state index is 11.1. The lowest BCUT2D eigenvalue weighted by atomic mass is 10.3. The second kappa shape index (κ2) is 5.11. The van der Waals surface area contributed by atoms with Gasteiger partial charge in [-0.3, -0.25) is 9.69 Å². The van der Waals surface area contributed by atoms with Gasteiger partial charge in [0.05, 0.1) is 7.11 Å². The number of nitrogens with zero attached hydrogens (tertiary/aromatic N) is 1. The lowest BCUT2D eigenvalue weighted by molar-refractivity contribution is -0.152. The number of carbonyl (C=O) groups is 2. The van der Waals surface area contributed by atoms with Crippen molar-refractivity contribution in [3.63, 3.8) is 0 Å². The number of nitrogens with one attached hydrogen (secondary N) is 1. The van der Waals surface area contributed by atoms with Crippen molar-refractivity contribution in [2.45, 2.75) is 31.8 Å². The van der Waals surface area contributed by atoms with Gasteiger partial charge in [-0.15, -0.1) is 0 Å². The number of methoxy groups -OCH3 is 1. The van der Waals surface area contributed by atoms with E-state index in [2.05, 4.69) is 15.0 Å². The van der Waals surface area contributed by atoms with Crippen LogP contribution < -0.4 is 5.32 Å². The molecule has 1 aliphatic rings. The van der Waals surface area contributed by atoms with Crippen LogP contribution in [0.15, 0.2) is 0 Å². The molecule has 5 nitrogen and oxygen atoms in total. The Morgan fingerprint density at radius 3 is 2.60 bits per heavy atom. The van der Waals surface area contributed by atoms with Crippen molar-refractivity contribution in [1.29, 1.82) is 0 Å². The summed E-state index contributed by atoms with van der Waals surface area (Å²) >= 11 is 0. The molecule has 1 amide bonds. The van der Waals surface area contributed by atoms with E-state index in [9.17, 15) is 9.59 Å². The molecular formula is C10H18N2O3. The summed E-state index contributed by atoms with van der Waals surface area (Å²) in [6.07, 6.45) is 2.46. The van der Waals surface area contributed by atoms with Crippen LogP contribution in [-0.4, -0.2) is 49.6 Å². The lowest BCUT2D eigenvalue weighted by Crippen LogP contribution is -2.43. The number of rotatable bonds is 4. The molecule has 5 heteroatoms. The third-order valence-corrected chi connectivity index (χ3v) is 2.75. The molecule has 15 heavy (non-hydrogen) atoms. The third-order valence-electron chi connectivity index (χ3n) is 2.75. The first-order valence-electron chi connectivity index (χ1n) is 5.14. The van der Waals surface area contributed by atoms with Gasteiger partial charge in [0.1, 0.15) is 0 Å². The average Bonchev–Trinajstić information content (AvgIpc) is 3.06. The van der Waals surface area contributed by atoms with Crippen LogP contribution in [0.25, 0.3) is 0 Å². The second-order valence-corrected chi connectivity index (χ2v) is 3.95. The Morgan fingerprint density at radius 1 is 1.53 bits per heavy atom. The molecule has 0 aromatic rings. The standard InChI is InChI=1S/C10H18N2O3/c1-7(12(2)8-4-5-8)6-11-9(13)10(14)15-3/h7-8H,4-6H2,1-3H3,(H,11,13). The fourth-order valence-electron chi connectivity index (χ4n) is 1.39. The summed E-state index contributed by atoms with van der Waals surface area (Å²) < 4.78 is 4.30. The number of ether oxygens (including phenoxy) is 1. The number of hydrogen-bond acceptors (Lipinski definition) is 4. The minimum Gasteiger partial charge on any atom is -0.462 e. The van der Waals surface area contributed by atoms with E-state index in [0.717, 1.165) is 0 Å². The summed E-state index contributed by atoms with van der Waals surface area (Å²) in [5, 5.41) is 2.54. The Balaban J connectivity index is 2.23. The van der Waals surface area contributed by atoms with Gasteiger partial charge >= 0.3 is 11.9 Å². The highest BCUT2D eigenvalue weighted by molar-refractivity contribution is 6.32. The molecule has 86 valence electrons. The molecular weight excluding hydrogens is 196 g/mol. The van der Waals surface area contributed by atoms with Crippen molar-refractivity contribution in [2.75, 3.05) is 20.7 Å². The quantitative estimate of drug-likeness (QED) is 0.518. The minimum absolute atomic E-state index is 0.242. The van der Waals surface area contributed by atoms with Crippen molar-refractivity contribution in [2.24, 2.45) is 0 Å². The molecule has 0 aliphatic heterocycles. The predicted octanol–water partition coefficient (Wildman–Crippen LogP) is -0.242. The molecule has 1 aliphatic carbocycles. The van der Waals surface area contributed by atoms with Crippen molar-refractivity contribution in [1.82, 2.24) is 10.2 Å². The average molecular weight is 214 g/mol. The van der Waals surface area contributed by atoms with Crippen molar-refractivity contribution in [3.05, 3.63) is 0 Å². The van der Waals surface area contributed by atoms with Crippen LogP contribution in [0.5, 0.6) is 0 Å². The number of likely N-dealkylation sites (N-methyl/N-ethyl adjacent to an activating group) is 1. The molecule has 1 fully saturated rings. The van der Waals surface area contributed by atoms with Crippen LogP contribution in [0.1, 0.15) is 19.8 Å². The third kappa shape index (κ3) is 3.51. The van der Waals surface area contributed by atoms with Gasteiger partial charge in [-0.05, 0) is 26.8 Å². The molecule has 0 bridgehead atoms. The molecule has 1 N–H and O–H groups in total. The van der Waals surface area contributed by atoms with E-state index in [1.54, 1.807) is 0 Å². The van der Waals surface area contributed by atoms with E-state index in [1.165, 1.54) is 20.0 Å². The molecule has 0 heterocycles. The molecule has 0 aromatic heterocycles. The van der Waals surface area contributed by atoms with E-state index < -0.39 is 11.9 Å². The van der Waals surface area contributed by atoms with Gasteiger partial charge in [0.25, 0.3) is 0 Å². The zero-order chi connectivity index (χ0) is 11.4. The first kappa shape index (κ1) is 12.0. The fourth-order valence-corrected chi connectivity index (χ4v) is 1.39. The molecule has 0 radical (unpaired) electrons. The molecule has 1 unspecified atom stereocenters. The van der Waals surface area contributed by atoms with Gasteiger partial charge in [-0.25, -0.2) is 4.79 Å². The first-order chi connectivity index (χ1) is 7.06. The topological polar surface area (TPSA) is 58.6 Å². The zero-order valence-corrected chi connectivity index (χ0v) is 9.45. The van der Waals surface area contributed by atoms with Crippen LogP contribution in [0, 0.1) is 0 Å². The summed E-state index contributed by atoms with van der Waals surface area (Å²) in [6, 6.07) is 0.890. The maximum Gasteiger partial charge on any atom is 0.396 e. The van der Waals surface area contributed by atoms with Gasteiger partial charge in [-0.1, -0.05) is 0 Å². The van der Waals surface area contributed by atoms with Crippen LogP contribution in [-0.2, 0) is 14.3 Å². The summed E-state index contributed by atoms with van der Waals surface area (Å²) in [5.41, 5.74) is 0. The highest BCUT2D eigenvalue weighted by atomic mass is 16.5. The molecule has 0 saturated heterocycles. The van der Waals surface area contributed by atoms with Gasteiger partial charge in [0, 0.05) is 18.6 Å². The first-order valence-corrected chi connectivity index (χ1v) is 5.14. The largest absolute Gasteiger partial charge is 0.462 e. The number of carbonyl (C=O) groups excluding carboxylic acids is 2. The van der Waals surface area contributed by atoms with Crippen LogP contribution in [0.4, 0.5) is 0 Å². The van der Waals surface area contributed by atoms with Gasteiger partial charge < -0.3 is 10.1 Å². The smallest absolute Gasteiger partial charge is 0.396 e. The van der Waals surface area contributed by atoms with Crippen LogP contribution >= 0.6 is 0 Å². The molecule has 0 aromatic carbocycles. The van der Waals surface area contributed by atoms with Crippen molar-refractivity contribution < 1.29 is 14.3 Å². The summed E-state index contributed by atoms with van der Waals surface area (Å²) in [5.74, 6) is -1.51. The van der Waals surface area contributed by atoms with Gasteiger partial charge in [0.2, 0.25) is 0 Å². The number of hydrogen-bond donors (Lipinski definition) is 1. The Hall–Kier alpha value is -1.10. The maximum absolute atomic E-state index is 11.1. The van der Waals surface area contributed by atoms with E-state index in [-0.39, 0.29) is 6.04 Å². The van der Waals surface area contributed by atoms with E-state index in [1.807, 2.05) is 14.0 Å². The predicted molar refractivity (Wildman–Crippen MR) is 55.3 cm³/mol. The van der Waals surface area contributed by atoms with Crippen molar-refractivity contribution in [3.8, 4) is 0 Å². The lowest BCUT2D eigenvalue weighted by Gasteiger charge is -2.24. The highest BCUT2D eigenvalue weighted by Gasteiger charge is 2.29. The molecule has 1 atom stereocenters. The van der Waals surface area contributed by atoms with E-state index in [0.29, 0.717) is 12.6 Å². The fraction of sp³-hybridized carbons (Fsp3) is 0.800. The summed E-state index contributed by atoms with van der Waals surface area (Å²) in [7, 11) is 3.23. The Bertz CT molecular complexity index is 251. The Kier molecular flexibility index (Phi) is 4.08. The second-order valence-electron chi connectivity index (χ2n) is 3.95. The minimum atomic E-state index is -0.837. The van der Waals surface area contributed by atoms with Gasteiger partial charge in [-0.2, -0.15) is 0 Å². The van der Waals surface area contributed by atoms with Crippen LogP contribution in [0.3, 0.4) is 0 Å². The summed E-state index contributed by atoms with van der Waals surface area (Å²) in [4.78, 5) is 24.1. The Morgan fingerprint density at radius 2 is 2.13 bits per heavy atom. The molecule has 0 spiro atoms. The monoisotopic (exact) mass is 214 g/mol. The number of amides is 1.